The normalized spacial score (nSPS) is 16.4. The van der Waals surface area contributed by atoms with Crippen molar-refractivity contribution in [3.8, 4) is 5.69 Å². The van der Waals surface area contributed by atoms with E-state index in [1.54, 1.807) is 24.3 Å². The van der Waals surface area contributed by atoms with Crippen LogP contribution in [0.2, 0.25) is 5.02 Å². The molecule has 2 heterocycles. The van der Waals surface area contributed by atoms with Gasteiger partial charge in [-0.1, -0.05) is 23.7 Å². The van der Waals surface area contributed by atoms with Gasteiger partial charge in [-0.2, -0.15) is 17.9 Å². The molecule has 0 spiro atoms. The maximum absolute atomic E-state index is 13.0. The van der Waals surface area contributed by atoms with Gasteiger partial charge in [0, 0.05) is 29.9 Å². The Morgan fingerprint density at radius 2 is 1.94 bits per heavy atom. The molecule has 6 nitrogen and oxygen atoms in total. The highest BCUT2D eigenvalue weighted by Gasteiger charge is 2.31. The second-order valence-corrected chi connectivity index (χ2v) is 8.64. The Hall–Kier alpha value is -3.33. The molecule has 1 amide bonds. The number of carbonyl (C=O) groups excluding carboxylic acids is 1. The van der Waals surface area contributed by atoms with Gasteiger partial charge in [-0.05, 0) is 61.7 Å². The molecule has 4 rings (SSSR count). The van der Waals surface area contributed by atoms with E-state index in [0.29, 0.717) is 42.5 Å². The summed E-state index contributed by atoms with van der Waals surface area (Å²) in [6, 6.07) is 12.8. The quantitative estimate of drug-likeness (QED) is 0.554. The summed E-state index contributed by atoms with van der Waals surface area (Å²) >= 11 is 6.20. The lowest BCUT2D eigenvalue weighted by molar-refractivity contribution is -0.137. The number of hydrogen-bond donors (Lipinski definition) is 1. The van der Waals surface area contributed by atoms with Gasteiger partial charge in [-0.25, -0.2) is 0 Å². The second kappa shape index (κ2) is 9.50. The van der Waals surface area contributed by atoms with Gasteiger partial charge in [0.1, 0.15) is 5.82 Å². The van der Waals surface area contributed by atoms with E-state index in [1.165, 1.54) is 22.9 Å². The summed E-state index contributed by atoms with van der Waals surface area (Å²) in [6.07, 6.45) is -3.20. The Kier molecular flexibility index (Phi) is 6.65. The molecule has 178 valence electrons. The third kappa shape index (κ3) is 5.25. The maximum Gasteiger partial charge on any atom is 0.416 e. The van der Waals surface area contributed by atoms with E-state index in [-0.39, 0.29) is 17.2 Å². The Morgan fingerprint density at radius 3 is 2.68 bits per heavy atom. The summed E-state index contributed by atoms with van der Waals surface area (Å²) in [5, 5.41) is 7.58. The summed E-state index contributed by atoms with van der Waals surface area (Å²) in [7, 11) is 0. The zero-order valence-corrected chi connectivity index (χ0v) is 19.0. The molecule has 0 radical (unpaired) electrons. The first kappa shape index (κ1) is 23.8. The number of rotatable bonds is 4. The third-order valence-corrected chi connectivity index (χ3v) is 6.17. The van der Waals surface area contributed by atoms with E-state index in [0.717, 1.165) is 17.7 Å². The van der Waals surface area contributed by atoms with Gasteiger partial charge in [0.25, 0.3) is 5.56 Å². The SMILES string of the molecule is Cc1ccc(-n2nc(N3CCC[C@H](C(=O)Nc4cccc(C(F)(F)F)c4)C3)ccc2=O)cc1Cl. The maximum atomic E-state index is 13.0. The fourth-order valence-corrected chi connectivity index (χ4v) is 4.06. The lowest BCUT2D eigenvalue weighted by atomic mass is 9.97. The minimum Gasteiger partial charge on any atom is -0.354 e. The fraction of sp³-hybridized carbons (Fsp3) is 0.292. The van der Waals surface area contributed by atoms with Crippen LogP contribution in [0, 0.1) is 12.8 Å². The lowest BCUT2D eigenvalue weighted by Gasteiger charge is -2.33. The van der Waals surface area contributed by atoms with Crippen molar-refractivity contribution < 1.29 is 18.0 Å². The number of piperidine rings is 1. The van der Waals surface area contributed by atoms with Crippen LogP contribution in [0.1, 0.15) is 24.0 Å². The first-order chi connectivity index (χ1) is 16.1. The fourth-order valence-electron chi connectivity index (χ4n) is 3.89. The van der Waals surface area contributed by atoms with Crippen molar-refractivity contribution in [2.24, 2.45) is 5.92 Å². The van der Waals surface area contributed by atoms with Crippen LogP contribution in [0.3, 0.4) is 0 Å². The molecule has 1 fully saturated rings. The lowest BCUT2D eigenvalue weighted by Crippen LogP contribution is -2.41. The molecule has 1 aliphatic heterocycles. The molecular formula is C24H22ClF3N4O2. The number of amides is 1. The number of carbonyl (C=O) groups is 1. The summed E-state index contributed by atoms with van der Waals surface area (Å²) < 4.78 is 40.2. The van der Waals surface area contributed by atoms with Crippen molar-refractivity contribution in [2.45, 2.75) is 25.9 Å². The van der Waals surface area contributed by atoms with Gasteiger partial charge < -0.3 is 10.2 Å². The molecule has 0 bridgehead atoms. The molecule has 1 aliphatic rings. The molecule has 3 aromatic rings. The van der Waals surface area contributed by atoms with Crippen molar-refractivity contribution >= 4 is 29.0 Å². The highest BCUT2D eigenvalue weighted by Crippen LogP contribution is 2.31. The van der Waals surface area contributed by atoms with Gasteiger partial charge >= 0.3 is 6.18 Å². The zero-order chi connectivity index (χ0) is 24.5. The number of alkyl halides is 3. The van der Waals surface area contributed by atoms with Gasteiger partial charge in [0.05, 0.1) is 17.2 Å². The first-order valence-electron chi connectivity index (χ1n) is 10.7. The van der Waals surface area contributed by atoms with E-state index in [2.05, 4.69) is 10.4 Å². The monoisotopic (exact) mass is 490 g/mol. The van der Waals surface area contributed by atoms with Crippen molar-refractivity contribution in [1.82, 2.24) is 9.78 Å². The van der Waals surface area contributed by atoms with Crippen molar-refractivity contribution in [2.75, 3.05) is 23.3 Å². The second-order valence-electron chi connectivity index (χ2n) is 8.23. The van der Waals surface area contributed by atoms with E-state index < -0.39 is 17.7 Å². The van der Waals surface area contributed by atoms with E-state index in [1.807, 2.05) is 11.8 Å². The number of halogens is 4. The van der Waals surface area contributed by atoms with Crippen LogP contribution in [-0.4, -0.2) is 28.8 Å². The smallest absolute Gasteiger partial charge is 0.354 e. The Balaban J connectivity index is 1.51. The number of benzene rings is 2. The van der Waals surface area contributed by atoms with E-state index in [4.69, 9.17) is 11.6 Å². The zero-order valence-electron chi connectivity index (χ0n) is 18.3. The van der Waals surface area contributed by atoms with Crippen LogP contribution in [0.15, 0.2) is 59.4 Å². The van der Waals surface area contributed by atoms with Gasteiger partial charge in [-0.15, -0.1) is 5.10 Å². The van der Waals surface area contributed by atoms with Crippen molar-refractivity contribution in [3.63, 3.8) is 0 Å². The Bertz CT molecular complexity index is 1280. The van der Waals surface area contributed by atoms with Crippen molar-refractivity contribution in [3.05, 3.63) is 81.1 Å². The molecule has 2 aromatic carbocycles. The minimum atomic E-state index is -4.49. The molecule has 1 N–H and O–H groups in total. The van der Waals surface area contributed by atoms with E-state index >= 15 is 0 Å². The van der Waals surface area contributed by atoms with Crippen LogP contribution in [-0.2, 0) is 11.0 Å². The number of nitrogens with one attached hydrogen (secondary N) is 1. The van der Waals surface area contributed by atoms with Crippen LogP contribution in [0.4, 0.5) is 24.7 Å². The molecular weight excluding hydrogens is 469 g/mol. The number of nitrogens with zero attached hydrogens (tertiary/aromatic N) is 3. The third-order valence-electron chi connectivity index (χ3n) is 5.76. The molecule has 0 saturated carbocycles. The van der Waals surface area contributed by atoms with Crippen LogP contribution in [0.5, 0.6) is 0 Å². The Labute approximate surface area is 199 Å². The summed E-state index contributed by atoms with van der Waals surface area (Å²) in [4.78, 5) is 27.1. The predicted octanol–water partition coefficient (Wildman–Crippen LogP) is 5.07. The molecule has 10 heteroatoms. The van der Waals surface area contributed by atoms with Crippen LogP contribution in [0.25, 0.3) is 5.69 Å². The number of hydrogen-bond acceptors (Lipinski definition) is 4. The van der Waals surface area contributed by atoms with Crippen molar-refractivity contribution in [1.29, 1.82) is 0 Å². The van der Waals surface area contributed by atoms with Crippen LogP contribution >= 0.6 is 11.6 Å². The highest BCUT2D eigenvalue weighted by molar-refractivity contribution is 6.31. The average molecular weight is 491 g/mol. The summed E-state index contributed by atoms with van der Waals surface area (Å²) in [5.74, 6) is -0.283. The van der Waals surface area contributed by atoms with Gasteiger partial charge in [0.2, 0.25) is 5.91 Å². The standard InChI is InChI=1S/C24H22ClF3N4O2/c1-15-7-8-19(13-20(15)25)32-22(33)10-9-21(30-32)31-11-3-4-16(14-31)23(34)29-18-6-2-5-17(12-18)24(26,27)28/h2,5-10,12-13,16H,3-4,11,14H2,1H3,(H,29,34)/t16-/m0/s1. The topological polar surface area (TPSA) is 67.2 Å². The number of aryl methyl sites for hydroxylation is 1. The molecule has 1 atom stereocenters. The van der Waals surface area contributed by atoms with Crippen LogP contribution < -0.4 is 15.8 Å². The molecule has 34 heavy (non-hydrogen) atoms. The first-order valence-corrected chi connectivity index (χ1v) is 11.1. The van der Waals surface area contributed by atoms with E-state index in [9.17, 15) is 22.8 Å². The Morgan fingerprint density at radius 1 is 1.15 bits per heavy atom. The number of aromatic nitrogens is 2. The summed E-state index contributed by atoms with van der Waals surface area (Å²) in [5.41, 5.74) is 0.358. The minimum absolute atomic E-state index is 0.0971. The largest absolute Gasteiger partial charge is 0.416 e. The number of anilines is 2. The molecule has 1 saturated heterocycles. The molecule has 0 unspecified atom stereocenters. The predicted molar refractivity (Wildman–Crippen MR) is 125 cm³/mol. The van der Waals surface area contributed by atoms with Gasteiger partial charge in [0.15, 0.2) is 0 Å². The summed E-state index contributed by atoms with van der Waals surface area (Å²) in [6.45, 7) is 2.81. The highest BCUT2D eigenvalue weighted by atomic mass is 35.5. The molecule has 1 aromatic heterocycles. The molecule has 0 aliphatic carbocycles. The average Bonchev–Trinajstić information content (AvgIpc) is 2.81. The van der Waals surface area contributed by atoms with Gasteiger partial charge in [-0.3, -0.25) is 9.59 Å².